The van der Waals surface area contributed by atoms with Crippen molar-refractivity contribution in [2.45, 2.75) is 19.8 Å². The molecule has 1 unspecified atom stereocenters. The van der Waals surface area contributed by atoms with Crippen molar-refractivity contribution in [2.75, 3.05) is 18.8 Å². The predicted molar refractivity (Wildman–Crippen MR) is 74.9 cm³/mol. The number of sulfonamides is 1. The summed E-state index contributed by atoms with van der Waals surface area (Å²) in [5.74, 6) is 0.855. The van der Waals surface area contributed by atoms with Gasteiger partial charge in [-0.1, -0.05) is 44.2 Å². The Bertz CT molecular complexity index is 443. The number of hydrogen-bond acceptors (Lipinski definition) is 3. The van der Waals surface area contributed by atoms with Crippen LogP contribution in [0.25, 0.3) is 0 Å². The Labute approximate surface area is 110 Å². The zero-order chi connectivity index (χ0) is 13.6. The lowest BCUT2D eigenvalue weighted by Crippen LogP contribution is -2.31. The molecule has 0 aromatic heterocycles. The van der Waals surface area contributed by atoms with Crippen LogP contribution in [-0.4, -0.2) is 27.3 Å². The maximum atomic E-state index is 10.8. The molecule has 4 nitrogen and oxygen atoms in total. The molecule has 18 heavy (non-hydrogen) atoms. The lowest BCUT2D eigenvalue weighted by molar-refractivity contribution is 0.467. The zero-order valence-electron chi connectivity index (χ0n) is 11.0. The minimum absolute atomic E-state index is 0.0212. The lowest BCUT2D eigenvalue weighted by Gasteiger charge is -2.21. The van der Waals surface area contributed by atoms with Gasteiger partial charge < -0.3 is 5.32 Å². The van der Waals surface area contributed by atoms with Gasteiger partial charge in [0.15, 0.2) is 0 Å². The molecule has 0 radical (unpaired) electrons. The number of rotatable bonds is 7. The molecule has 0 amide bonds. The summed E-state index contributed by atoms with van der Waals surface area (Å²) < 4.78 is 21.6. The first-order valence-electron chi connectivity index (χ1n) is 6.16. The van der Waals surface area contributed by atoms with Crippen LogP contribution in [0, 0.1) is 5.92 Å². The van der Waals surface area contributed by atoms with Crippen LogP contribution in [0.2, 0.25) is 0 Å². The van der Waals surface area contributed by atoms with Gasteiger partial charge in [-0.05, 0) is 17.4 Å². The standard InChI is InChI=1S/C13H22N2O2S/c1-11(2)13(12-6-4-3-5-7-12)10-15-8-9-18(14,16)17/h3-7,11,13,15H,8-10H2,1-2H3,(H2,14,16,17). The molecule has 0 bridgehead atoms. The highest BCUT2D eigenvalue weighted by Gasteiger charge is 2.15. The van der Waals surface area contributed by atoms with E-state index in [0.29, 0.717) is 18.4 Å². The van der Waals surface area contributed by atoms with Crippen molar-refractivity contribution >= 4 is 10.0 Å². The van der Waals surface area contributed by atoms with Crippen molar-refractivity contribution in [3.8, 4) is 0 Å². The van der Waals surface area contributed by atoms with Gasteiger partial charge in [0.05, 0.1) is 5.75 Å². The number of nitrogens with two attached hydrogens (primary N) is 1. The molecule has 1 atom stereocenters. The highest BCUT2D eigenvalue weighted by Crippen LogP contribution is 2.23. The second-order valence-corrected chi connectivity index (χ2v) is 6.57. The van der Waals surface area contributed by atoms with E-state index in [0.717, 1.165) is 6.54 Å². The van der Waals surface area contributed by atoms with E-state index in [2.05, 4.69) is 31.3 Å². The average Bonchev–Trinajstić information content (AvgIpc) is 2.28. The van der Waals surface area contributed by atoms with Crippen LogP contribution >= 0.6 is 0 Å². The quantitative estimate of drug-likeness (QED) is 0.734. The van der Waals surface area contributed by atoms with E-state index < -0.39 is 10.0 Å². The first-order chi connectivity index (χ1) is 8.40. The van der Waals surface area contributed by atoms with Gasteiger partial charge in [0.2, 0.25) is 10.0 Å². The van der Waals surface area contributed by atoms with Crippen molar-refractivity contribution in [1.82, 2.24) is 5.32 Å². The fourth-order valence-electron chi connectivity index (χ4n) is 1.91. The fourth-order valence-corrected chi connectivity index (χ4v) is 2.34. The molecule has 1 aromatic carbocycles. The normalized spacial score (nSPS) is 13.8. The third-order valence-corrected chi connectivity index (χ3v) is 3.73. The van der Waals surface area contributed by atoms with Gasteiger partial charge in [-0.2, -0.15) is 0 Å². The van der Waals surface area contributed by atoms with Crippen molar-refractivity contribution in [3.05, 3.63) is 35.9 Å². The molecule has 102 valence electrons. The van der Waals surface area contributed by atoms with Crippen molar-refractivity contribution in [1.29, 1.82) is 0 Å². The largest absolute Gasteiger partial charge is 0.315 e. The maximum absolute atomic E-state index is 10.8. The second kappa shape index (κ2) is 6.87. The Morgan fingerprint density at radius 3 is 2.33 bits per heavy atom. The molecule has 0 saturated heterocycles. The number of hydrogen-bond donors (Lipinski definition) is 2. The van der Waals surface area contributed by atoms with Crippen LogP contribution in [0.5, 0.6) is 0 Å². The smallest absolute Gasteiger partial charge is 0.210 e. The Morgan fingerprint density at radius 2 is 1.83 bits per heavy atom. The summed E-state index contributed by atoms with van der Waals surface area (Å²) in [5, 5.41) is 8.12. The summed E-state index contributed by atoms with van der Waals surface area (Å²) in [6, 6.07) is 10.2. The molecule has 0 fully saturated rings. The van der Waals surface area contributed by atoms with Gasteiger partial charge in [0, 0.05) is 13.1 Å². The molecule has 0 aliphatic heterocycles. The Hall–Kier alpha value is -0.910. The van der Waals surface area contributed by atoms with E-state index in [4.69, 9.17) is 5.14 Å². The molecule has 0 aliphatic carbocycles. The molecule has 1 rings (SSSR count). The summed E-state index contributed by atoms with van der Waals surface area (Å²) in [7, 11) is -3.37. The highest BCUT2D eigenvalue weighted by atomic mass is 32.2. The van der Waals surface area contributed by atoms with Crippen molar-refractivity contribution in [2.24, 2.45) is 11.1 Å². The molecule has 0 aliphatic rings. The van der Waals surface area contributed by atoms with Gasteiger partial charge in [-0.15, -0.1) is 0 Å². The summed E-state index contributed by atoms with van der Waals surface area (Å²) >= 11 is 0. The molecular formula is C13H22N2O2S. The third-order valence-electron chi connectivity index (χ3n) is 2.96. The number of primary sulfonamides is 1. The summed E-state index contributed by atoms with van der Waals surface area (Å²) in [6.45, 7) is 5.49. The summed E-state index contributed by atoms with van der Waals surface area (Å²) in [6.07, 6.45) is 0. The first-order valence-corrected chi connectivity index (χ1v) is 7.88. The van der Waals surface area contributed by atoms with Gasteiger partial charge in [-0.3, -0.25) is 0 Å². The zero-order valence-corrected chi connectivity index (χ0v) is 11.8. The van der Waals surface area contributed by atoms with Gasteiger partial charge in [-0.25, -0.2) is 13.6 Å². The number of benzene rings is 1. The molecule has 3 N–H and O–H groups in total. The van der Waals surface area contributed by atoms with Gasteiger partial charge in [0.25, 0.3) is 0 Å². The Morgan fingerprint density at radius 1 is 1.22 bits per heavy atom. The summed E-state index contributed by atoms with van der Waals surface area (Å²) in [4.78, 5) is 0. The minimum atomic E-state index is -3.37. The van der Waals surface area contributed by atoms with Crippen LogP contribution in [0.1, 0.15) is 25.3 Å². The average molecular weight is 270 g/mol. The van der Waals surface area contributed by atoms with Crippen LogP contribution in [0.15, 0.2) is 30.3 Å². The SMILES string of the molecule is CC(C)C(CNCCS(N)(=O)=O)c1ccccc1. The van der Waals surface area contributed by atoms with E-state index in [-0.39, 0.29) is 5.75 Å². The van der Waals surface area contributed by atoms with E-state index in [1.165, 1.54) is 5.56 Å². The lowest BCUT2D eigenvalue weighted by atomic mass is 9.88. The molecule has 0 spiro atoms. The molecular weight excluding hydrogens is 248 g/mol. The van der Waals surface area contributed by atoms with Crippen molar-refractivity contribution in [3.63, 3.8) is 0 Å². The fraction of sp³-hybridized carbons (Fsp3) is 0.538. The van der Waals surface area contributed by atoms with E-state index in [9.17, 15) is 8.42 Å². The van der Waals surface area contributed by atoms with E-state index in [1.807, 2.05) is 18.2 Å². The Balaban J connectivity index is 2.50. The Kier molecular flexibility index (Phi) is 5.78. The second-order valence-electron chi connectivity index (χ2n) is 4.83. The molecule has 1 aromatic rings. The van der Waals surface area contributed by atoms with Crippen LogP contribution in [0.4, 0.5) is 0 Å². The topological polar surface area (TPSA) is 72.2 Å². The predicted octanol–water partition coefficient (Wildman–Crippen LogP) is 1.30. The molecule has 0 saturated carbocycles. The molecule has 5 heteroatoms. The third kappa shape index (κ3) is 5.62. The van der Waals surface area contributed by atoms with Crippen LogP contribution in [-0.2, 0) is 10.0 Å². The van der Waals surface area contributed by atoms with E-state index >= 15 is 0 Å². The van der Waals surface area contributed by atoms with Crippen LogP contribution in [0.3, 0.4) is 0 Å². The monoisotopic (exact) mass is 270 g/mol. The van der Waals surface area contributed by atoms with E-state index in [1.54, 1.807) is 0 Å². The molecule has 0 heterocycles. The number of nitrogens with one attached hydrogen (secondary N) is 1. The highest BCUT2D eigenvalue weighted by molar-refractivity contribution is 7.89. The van der Waals surface area contributed by atoms with Crippen LogP contribution < -0.4 is 10.5 Å². The summed E-state index contributed by atoms with van der Waals surface area (Å²) in [5.41, 5.74) is 1.27. The first kappa shape index (κ1) is 15.1. The van der Waals surface area contributed by atoms with Gasteiger partial charge >= 0.3 is 0 Å². The maximum Gasteiger partial charge on any atom is 0.210 e. The van der Waals surface area contributed by atoms with Gasteiger partial charge in [0.1, 0.15) is 0 Å². The minimum Gasteiger partial charge on any atom is -0.315 e. The van der Waals surface area contributed by atoms with Crippen molar-refractivity contribution < 1.29 is 8.42 Å².